The van der Waals surface area contributed by atoms with Gasteiger partial charge in [-0.2, -0.15) is 0 Å². The number of piperidine rings is 1. The Balaban J connectivity index is 1.13. The molecule has 1 aromatic heterocycles. The number of nitrogens with zero attached hydrogens (tertiary/aromatic N) is 4. The predicted molar refractivity (Wildman–Crippen MR) is 151 cm³/mol. The summed E-state index contributed by atoms with van der Waals surface area (Å²) in [6.07, 6.45) is 6.98. The molecule has 4 heterocycles. The van der Waals surface area contributed by atoms with Crippen molar-refractivity contribution in [2.75, 3.05) is 13.1 Å². The first-order valence-corrected chi connectivity index (χ1v) is 14.5. The van der Waals surface area contributed by atoms with Crippen LogP contribution in [0.5, 0.6) is 0 Å². The van der Waals surface area contributed by atoms with Gasteiger partial charge in [-0.05, 0) is 50.2 Å². The fourth-order valence-electron chi connectivity index (χ4n) is 7.38. The zero-order valence-corrected chi connectivity index (χ0v) is 22.9. The zero-order chi connectivity index (χ0) is 26.1. The van der Waals surface area contributed by atoms with Gasteiger partial charge in [0.05, 0.1) is 17.4 Å². The maximum atomic E-state index is 11.9. The monoisotopic (exact) mass is 511 g/mol. The van der Waals surface area contributed by atoms with E-state index in [4.69, 9.17) is 4.98 Å². The molecule has 2 saturated heterocycles. The van der Waals surface area contributed by atoms with E-state index in [0.717, 1.165) is 39.0 Å². The molecule has 0 aliphatic carbocycles. The number of carbonyl (C=O) groups is 1. The molecule has 3 aromatic rings. The minimum atomic E-state index is 0.0437. The number of nitrogens with one attached hydrogen (secondary N) is 1. The van der Waals surface area contributed by atoms with Gasteiger partial charge in [-0.25, -0.2) is 4.98 Å². The van der Waals surface area contributed by atoms with Gasteiger partial charge in [0.15, 0.2) is 0 Å². The Kier molecular flexibility index (Phi) is 7.35. The molecule has 38 heavy (non-hydrogen) atoms. The Hall–Kier alpha value is -2.96. The molecule has 6 rings (SSSR count). The van der Waals surface area contributed by atoms with E-state index in [1.54, 1.807) is 6.92 Å². The van der Waals surface area contributed by atoms with Gasteiger partial charge in [0, 0.05) is 57.6 Å². The molecule has 2 fully saturated rings. The maximum absolute atomic E-state index is 11.9. The first-order valence-electron chi connectivity index (χ1n) is 14.5. The Labute approximate surface area is 227 Å². The van der Waals surface area contributed by atoms with E-state index in [-0.39, 0.29) is 11.9 Å². The molecule has 0 radical (unpaired) electrons. The molecule has 2 bridgehead atoms. The second-order valence-electron chi connectivity index (χ2n) is 11.6. The molecule has 1 amide bonds. The van der Waals surface area contributed by atoms with Crippen molar-refractivity contribution < 1.29 is 4.79 Å². The van der Waals surface area contributed by atoms with Gasteiger partial charge in [-0.3, -0.25) is 14.6 Å². The van der Waals surface area contributed by atoms with Gasteiger partial charge < -0.3 is 9.88 Å². The summed E-state index contributed by atoms with van der Waals surface area (Å²) >= 11 is 0. The second-order valence-corrected chi connectivity index (χ2v) is 11.6. The maximum Gasteiger partial charge on any atom is 0.217 e. The molecule has 200 valence electrons. The fraction of sp³-hybridized carbons (Fsp3) is 0.500. The number of hydrogen-bond acceptors (Lipinski definition) is 4. The summed E-state index contributed by atoms with van der Waals surface area (Å²) in [6, 6.07) is 23.1. The summed E-state index contributed by atoms with van der Waals surface area (Å²) in [5.74, 6) is 1.24. The summed E-state index contributed by atoms with van der Waals surface area (Å²) in [7, 11) is 0. The van der Waals surface area contributed by atoms with Gasteiger partial charge in [0.1, 0.15) is 5.82 Å². The summed E-state index contributed by atoms with van der Waals surface area (Å²) in [4.78, 5) is 22.3. The highest BCUT2D eigenvalue weighted by atomic mass is 16.1. The Morgan fingerprint density at radius 1 is 1.00 bits per heavy atom. The Bertz CT molecular complexity index is 1230. The molecule has 6 nitrogen and oxygen atoms in total. The highest BCUT2D eigenvalue weighted by Crippen LogP contribution is 2.43. The van der Waals surface area contributed by atoms with Crippen molar-refractivity contribution in [2.45, 2.75) is 89.6 Å². The molecule has 1 N–H and O–H groups in total. The largest absolute Gasteiger partial charge is 0.349 e. The topological polar surface area (TPSA) is 53.4 Å². The molecule has 0 spiro atoms. The van der Waals surface area contributed by atoms with E-state index in [1.807, 2.05) is 6.07 Å². The van der Waals surface area contributed by atoms with Gasteiger partial charge in [0.2, 0.25) is 5.91 Å². The summed E-state index contributed by atoms with van der Waals surface area (Å²) in [5.41, 5.74) is 5.36. The molecule has 2 unspecified atom stereocenters. The molecule has 3 aliphatic heterocycles. The quantitative estimate of drug-likeness (QED) is 0.453. The van der Waals surface area contributed by atoms with E-state index in [0.29, 0.717) is 18.1 Å². The van der Waals surface area contributed by atoms with E-state index in [2.05, 4.69) is 81.2 Å². The molecular formula is C32H41N5O. The van der Waals surface area contributed by atoms with Crippen LogP contribution in [-0.4, -0.2) is 50.4 Å². The van der Waals surface area contributed by atoms with Crippen LogP contribution in [0, 0.1) is 6.92 Å². The van der Waals surface area contributed by atoms with Gasteiger partial charge >= 0.3 is 0 Å². The Morgan fingerprint density at radius 2 is 1.68 bits per heavy atom. The zero-order valence-electron chi connectivity index (χ0n) is 22.9. The van der Waals surface area contributed by atoms with Crippen LogP contribution in [0.15, 0.2) is 60.7 Å². The summed E-state index contributed by atoms with van der Waals surface area (Å²) in [5, 5.41) is 3.20. The van der Waals surface area contributed by atoms with Crippen molar-refractivity contribution in [1.29, 1.82) is 0 Å². The van der Waals surface area contributed by atoms with Gasteiger partial charge in [0.25, 0.3) is 0 Å². The number of carbonyl (C=O) groups excluding carboxylic acids is 1. The van der Waals surface area contributed by atoms with Crippen LogP contribution in [0.2, 0.25) is 0 Å². The SMILES string of the molecule is CC(=O)N[C@@H](CCN1C2CCC1CC(n1c(C)nc3c1CN(Cc1ccccc1)CC3)C2)c1ccccc1. The van der Waals surface area contributed by atoms with Crippen molar-refractivity contribution in [1.82, 2.24) is 24.7 Å². The van der Waals surface area contributed by atoms with Crippen LogP contribution >= 0.6 is 0 Å². The van der Waals surface area contributed by atoms with Crippen LogP contribution in [-0.2, 0) is 24.3 Å². The number of aromatic nitrogens is 2. The van der Waals surface area contributed by atoms with Gasteiger partial charge in [-0.15, -0.1) is 0 Å². The smallest absolute Gasteiger partial charge is 0.217 e. The third-order valence-electron chi connectivity index (χ3n) is 9.04. The minimum absolute atomic E-state index is 0.0437. The number of aryl methyl sites for hydroxylation is 1. The molecule has 2 aromatic carbocycles. The van der Waals surface area contributed by atoms with E-state index < -0.39 is 0 Å². The molecular weight excluding hydrogens is 470 g/mol. The lowest BCUT2D eigenvalue weighted by atomic mass is 9.95. The van der Waals surface area contributed by atoms with E-state index >= 15 is 0 Å². The van der Waals surface area contributed by atoms with Crippen molar-refractivity contribution in [2.24, 2.45) is 0 Å². The number of fused-ring (bicyclic) bond motifs is 3. The normalized spacial score (nSPS) is 24.2. The van der Waals surface area contributed by atoms with Crippen molar-refractivity contribution in [3.05, 3.63) is 89.0 Å². The van der Waals surface area contributed by atoms with Crippen molar-refractivity contribution in [3.63, 3.8) is 0 Å². The highest BCUT2D eigenvalue weighted by molar-refractivity contribution is 5.73. The molecule has 3 aliphatic rings. The summed E-state index contributed by atoms with van der Waals surface area (Å²) < 4.78 is 2.62. The van der Waals surface area contributed by atoms with Crippen LogP contribution in [0.3, 0.4) is 0 Å². The van der Waals surface area contributed by atoms with E-state index in [9.17, 15) is 4.79 Å². The first kappa shape index (κ1) is 25.3. The average Bonchev–Trinajstić information content (AvgIpc) is 3.37. The van der Waals surface area contributed by atoms with Crippen LogP contribution < -0.4 is 5.32 Å². The second kappa shape index (κ2) is 11.0. The number of imidazole rings is 1. The lowest BCUT2D eigenvalue weighted by Crippen LogP contribution is -2.45. The number of amides is 1. The van der Waals surface area contributed by atoms with Crippen LogP contribution in [0.1, 0.15) is 79.5 Å². The Morgan fingerprint density at radius 3 is 2.37 bits per heavy atom. The molecule has 0 saturated carbocycles. The highest BCUT2D eigenvalue weighted by Gasteiger charge is 2.42. The number of hydrogen-bond donors (Lipinski definition) is 1. The standard InChI is InChI=1S/C32H41N5O/c1-23-33-31-15-17-35(21-25-9-5-3-6-10-25)22-32(31)37(23)29-19-27-13-14-28(20-29)36(27)18-16-30(34-24(2)38)26-11-7-4-8-12-26/h3-12,27-30H,13-22H2,1-2H3,(H,34,38)/t27?,28?,29?,30-/m0/s1. The lowest BCUT2D eigenvalue weighted by Gasteiger charge is -2.41. The van der Waals surface area contributed by atoms with Crippen LogP contribution in [0.25, 0.3) is 0 Å². The fourth-order valence-corrected chi connectivity index (χ4v) is 7.38. The summed E-state index contributed by atoms with van der Waals surface area (Å²) in [6.45, 7) is 7.96. The third-order valence-corrected chi connectivity index (χ3v) is 9.04. The first-order chi connectivity index (χ1) is 18.5. The molecule has 3 atom stereocenters. The van der Waals surface area contributed by atoms with Crippen molar-refractivity contribution >= 4 is 5.91 Å². The van der Waals surface area contributed by atoms with Crippen LogP contribution in [0.4, 0.5) is 0 Å². The minimum Gasteiger partial charge on any atom is -0.349 e. The van der Waals surface area contributed by atoms with Crippen molar-refractivity contribution in [3.8, 4) is 0 Å². The average molecular weight is 512 g/mol. The third kappa shape index (κ3) is 5.29. The number of benzene rings is 2. The molecule has 6 heteroatoms. The van der Waals surface area contributed by atoms with E-state index in [1.165, 1.54) is 54.0 Å². The van der Waals surface area contributed by atoms with Gasteiger partial charge in [-0.1, -0.05) is 60.7 Å². The number of rotatable bonds is 8. The predicted octanol–water partition coefficient (Wildman–Crippen LogP) is 5.19. The lowest BCUT2D eigenvalue weighted by molar-refractivity contribution is -0.119.